The summed E-state index contributed by atoms with van der Waals surface area (Å²) in [5.41, 5.74) is 1.58. The quantitative estimate of drug-likeness (QED) is 0.231. The molecule has 200 valence electrons. The van der Waals surface area contributed by atoms with Gasteiger partial charge in [0.25, 0.3) is 5.91 Å². The highest BCUT2D eigenvalue weighted by molar-refractivity contribution is 7.99. The Morgan fingerprint density at radius 2 is 1.92 bits per heavy atom. The van der Waals surface area contributed by atoms with Crippen molar-refractivity contribution >= 4 is 41.0 Å². The van der Waals surface area contributed by atoms with E-state index in [1.807, 2.05) is 36.9 Å². The summed E-state index contributed by atoms with van der Waals surface area (Å²) >= 11 is 7.52. The second kappa shape index (κ2) is 13.1. The Hall–Kier alpha value is -3.17. The van der Waals surface area contributed by atoms with Crippen LogP contribution in [-0.4, -0.2) is 64.2 Å². The van der Waals surface area contributed by atoms with Gasteiger partial charge in [-0.25, -0.2) is 14.4 Å². The minimum atomic E-state index is -0.432. The Balaban J connectivity index is 1.29. The molecule has 2 amide bonds. The number of anilines is 1. The maximum Gasteiger partial charge on any atom is 0.254 e. The number of carbonyl (C=O) groups excluding carboxylic acids is 2. The van der Waals surface area contributed by atoms with E-state index in [1.54, 1.807) is 17.0 Å². The van der Waals surface area contributed by atoms with Crippen molar-refractivity contribution in [3.05, 3.63) is 82.8 Å². The molecular formula is C28H31ClFN5O2S. The fraction of sp³-hybridized carbons (Fsp3) is 0.357. The number of halogens is 2. The maximum atomic E-state index is 13.6. The Kier molecular flexibility index (Phi) is 9.58. The lowest BCUT2D eigenvalue weighted by molar-refractivity contribution is -0.119. The number of amides is 2. The van der Waals surface area contributed by atoms with Crippen molar-refractivity contribution in [1.29, 1.82) is 0 Å². The third-order valence-electron chi connectivity index (χ3n) is 6.39. The van der Waals surface area contributed by atoms with Crippen molar-refractivity contribution in [3.8, 4) is 0 Å². The van der Waals surface area contributed by atoms with Crippen LogP contribution in [0.5, 0.6) is 0 Å². The summed E-state index contributed by atoms with van der Waals surface area (Å²) in [5.74, 6) is 0.116. The van der Waals surface area contributed by atoms with Crippen molar-refractivity contribution in [2.24, 2.45) is 0 Å². The van der Waals surface area contributed by atoms with E-state index in [9.17, 15) is 14.0 Å². The van der Waals surface area contributed by atoms with Crippen LogP contribution in [0.1, 0.15) is 36.2 Å². The molecule has 4 rings (SSSR count). The molecule has 1 saturated heterocycles. The molecule has 10 heteroatoms. The second-order valence-corrected chi connectivity index (χ2v) is 10.7. The van der Waals surface area contributed by atoms with Crippen molar-refractivity contribution in [2.45, 2.75) is 43.9 Å². The van der Waals surface area contributed by atoms with E-state index in [0.29, 0.717) is 41.3 Å². The summed E-state index contributed by atoms with van der Waals surface area (Å²) in [4.78, 5) is 38.1. The van der Waals surface area contributed by atoms with Crippen LogP contribution in [0.2, 0.25) is 5.15 Å². The molecule has 1 fully saturated rings. The van der Waals surface area contributed by atoms with E-state index in [4.69, 9.17) is 11.6 Å². The highest BCUT2D eigenvalue weighted by Crippen LogP contribution is 2.25. The predicted molar refractivity (Wildman–Crippen MR) is 149 cm³/mol. The van der Waals surface area contributed by atoms with Crippen LogP contribution in [0.3, 0.4) is 0 Å². The Morgan fingerprint density at radius 3 is 2.66 bits per heavy atom. The molecule has 1 N–H and O–H groups in total. The molecule has 7 nitrogen and oxygen atoms in total. The number of benzene rings is 2. The van der Waals surface area contributed by atoms with Crippen molar-refractivity contribution in [3.63, 3.8) is 0 Å². The largest absolute Gasteiger partial charge is 0.353 e. The van der Waals surface area contributed by atoms with Gasteiger partial charge < -0.3 is 15.1 Å². The van der Waals surface area contributed by atoms with Crippen molar-refractivity contribution in [1.82, 2.24) is 20.2 Å². The number of thioether (sulfide) groups is 1. The molecule has 0 aliphatic carbocycles. The zero-order valence-corrected chi connectivity index (χ0v) is 23.0. The molecule has 3 aromatic rings. The summed E-state index contributed by atoms with van der Waals surface area (Å²) in [6, 6.07) is 17.6. The van der Waals surface area contributed by atoms with Gasteiger partial charge in [0.05, 0.1) is 5.75 Å². The number of nitrogens with zero attached hydrogens (tertiary/aromatic N) is 4. The van der Waals surface area contributed by atoms with Gasteiger partial charge >= 0.3 is 0 Å². The number of carbonyl (C=O) groups is 2. The number of piperazine rings is 1. The van der Waals surface area contributed by atoms with E-state index >= 15 is 0 Å². The lowest BCUT2D eigenvalue weighted by atomic mass is 10.1. The van der Waals surface area contributed by atoms with Crippen LogP contribution >= 0.6 is 23.4 Å². The summed E-state index contributed by atoms with van der Waals surface area (Å²) in [5, 5.41) is 3.74. The summed E-state index contributed by atoms with van der Waals surface area (Å²) in [6.07, 6.45) is 1.75. The number of rotatable bonds is 9. The molecule has 0 bridgehead atoms. The van der Waals surface area contributed by atoms with Crippen LogP contribution in [0.4, 0.5) is 10.2 Å². The monoisotopic (exact) mass is 555 g/mol. The second-order valence-electron chi connectivity index (χ2n) is 9.42. The van der Waals surface area contributed by atoms with Gasteiger partial charge in [0, 0.05) is 43.3 Å². The van der Waals surface area contributed by atoms with Crippen molar-refractivity contribution < 1.29 is 14.0 Å². The van der Waals surface area contributed by atoms with Gasteiger partial charge in [-0.1, -0.05) is 59.8 Å². The molecule has 2 unspecified atom stereocenters. The third-order valence-corrected chi connectivity index (χ3v) is 7.43. The zero-order valence-electron chi connectivity index (χ0n) is 21.4. The molecule has 2 heterocycles. The summed E-state index contributed by atoms with van der Waals surface area (Å²) in [6.45, 7) is 5.49. The van der Waals surface area contributed by atoms with E-state index in [2.05, 4.69) is 27.4 Å². The topological polar surface area (TPSA) is 78.4 Å². The Labute approximate surface area is 231 Å². The van der Waals surface area contributed by atoms with E-state index < -0.39 is 5.82 Å². The van der Waals surface area contributed by atoms with Crippen LogP contribution in [0.25, 0.3) is 0 Å². The molecule has 2 atom stereocenters. The Bertz CT molecular complexity index is 1270. The van der Waals surface area contributed by atoms with Gasteiger partial charge in [-0.3, -0.25) is 9.59 Å². The van der Waals surface area contributed by atoms with Crippen LogP contribution in [-0.2, 0) is 11.2 Å². The number of hydrogen-bond acceptors (Lipinski definition) is 6. The number of aryl methyl sites for hydroxylation is 1. The van der Waals surface area contributed by atoms with Gasteiger partial charge in [0.15, 0.2) is 5.16 Å². The molecule has 0 saturated carbocycles. The van der Waals surface area contributed by atoms with Gasteiger partial charge in [0.2, 0.25) is 5.91 Å². The summed E-state index contributed by atoms with van der Waals surface area (Å²) < 4.78 is 13.6. The molecule has 1 aliphatic rings. The standard InChI is InChI=1S/C28H31ClFN5O2S/c1-19(11-12-21-7-4-3-5-8-21)31-26(36)18-38-28-32-24(29)16-25(33-28)34-13-14-35(20(2)17-34)27(37)22-9-6-10-23(30)15-22/h3-10,15-16,19-20H,11-14,17-18H2,1-2H3,(H,31,36). The van der Waals surface area contributed by atoms with E-state index in [1.165, 1.54) is 35.5 Å². The molecule has 38 heavy (non-hydrogen) atoms. The van der Waals surface area contributed by atoms with Crippen LogP contribution < -0.4 is 10.2 Å². The van der Waals surface area contributed by atoms with Gasteiger partial charge in [-0.15, -0.1) is 0 Å². The smallest absolute Gasteiger partial charge is 0.254 e. The first-order valence-corrected chi connectivity index (χ1v) is 14.0. The van der Waals surface area contributed by atoms with Gasteiger partial charge in [-0.2, -0.15) is 0 Å². The van der Waals surface area contributed by atoms with Crippen LogP contribution in [0.15, 0.2) is 65.8 Å². The SMILES string of the molecule is CC(CCc1ccccc1)NC(=O)CSc1nc(Cl)cc(N2CCN(C(=O)c3cccc(F)c3)C(C)C2)n1. The van der Waals surface area contributed by atoms with Gasteiger partial charge in [0.1, 0.15) is 16.8 Å². The fourth-order valence-electron chi connectivity index (χ4n) is 4.41. The lowest BCUT2D eigenvalue weighted by Gasteiger charge is -2.40. The normalized spacial score (nSPS) is 16.3. The molecule has 1 aliphatic heterocycles. The maximum absolute atomic E-state index is 13.6. The van der Waals surface area contributed by atoms with Crippen LogP contribution in [0, 0.1) is 5.82 Å². The molecule has 2 aromatic carbocycles. The number of hydrogen-bond donors (Lipinski definition) is 1. The Morgan fingerprint density at radius 1 is 1.13 bits per heavy atom. The molecule has 0 radical (unpaired) electrons. The summed E-state index contributed by atoms with van der Waals surface area (Å²) in [7, 11) is 0. The third kappa shape index (κ3) is 7.68. The fourth-order valence-corrected chi connectivity index (χ4v) is 5.31. The highest BCUT2D eigenvalue weighted by atomic mass is 35.5. The van der Waals surface area contributed by atoms with E-state index in [-0.39, 0.29) is 29.7 Å². The first kappa shape index (κ1) is 27.9. The zero-order chi connectivity index (χ0) is 27.1. The molecule has 1 aromatic heterocycles. The lowest BCUT2D eigenvalue weighted by Crippen LogP contribution is -2.54. The average molecular weight is 556 g/mol. The highest BCUT2D eigenvalue weighted by Gasteiger charge is 2.29. The predicted octanol–water partition coefficient (Wildman–Crippen LogP) is 4.85. The van der Waals surface area contributed by atoms with Crippen molar-refractivity contribution in [2.75, 3.05) is 30.3 Å². The first-order valence-electron chi connectivity index (χ1n) is 12.6. The van der Waals surface area contributed by atoms with Gasteiger partial charge in [-0.05, 0) is 50.5 Å². The average Bonchev–Trinajstić information content (AvgIpc) is 2.90. The minimum absolute atomic E-state index is 0.0482. The number of nitrogens with one attached hydrogen (secondary N) is 1. The molecule has 0 spiro atoms. The number of aromatic nitrogens is 2. The molecular weight excluding hydrogens is 525 g/mol. The first-order chi connectivity index (χ1) is 18.3. The van der Waals surface area contributed by atoms with E-state index in [0.717, 1.165) is 12.8 Å². The minimum Gasteiger partial charge on any atom is -0.353 e.